The Morgan fingerprint density at radius 1 is 1.35 bits per heavy atom. The fraction of sp³-hybridized carbons (Fsp3) is 0.200. The quantitative estimate of drug-likeness (QED) is 0.392. The van der Waals surface area contributed by atoms with E-state index in [4.69, 9.17) is 9.68 Å². The predicted molar refractivity (Wildman–Crippen MR) is 78.4 cm³/mol. The van der Waals surface area contributed by atoms with E-state index in [0.29, 0.717) is 0 Å². The van der Waals surface area contributed by atoms with Crippen LogP contribution in [0.3, 0.4) is 0 Å². The van der Waals surface area contributed by atoms with Gasteiger partial charge in [-0.05, 0) is 38.4 Å². The predicted octanol–water partition coefficient (Wildman–Crippen LogP) is 2.74. The van der Waals surface area contributed by atoms with Gasteiger partial charge < -0.3 is 9.32 Å². The molecule has 0 aliphatic rings. The highest BCUT2D eigenvalue weighted by atomic mass is 16.3. The van der Waals surface area contributed by atoms with Crippen LogP contribution >= 0.6 is 0 Å². The van der Waals surface area contributed by atoms with Crippen molar-refractivity contribution >= 4 is 12.0 Å². The minimum Gasteiger partial charge on any atom is -0.460 e. The average Bonchev–Trinajstić information content (AvgIpc) is 2.87. The van der Waals surface area contributed by atoms with Crippen LogP contribution in [0.5, 0.6) is 0 Å². The van der Waals surface area contributed by atoms with E-state index in [9.17, 15) is 0 Å². The number of nitrogens with zero attached hydrogens (tertiary/aromatic N) is 3. The van der Waals surface area contributed by atoms with Crippen molar-refractivity contribution in [3.8, 4) is 17.5 Å². The van der Waals surface area contributed by atoms with E-state index in [1.807, 2.05) is 50.5 Å². The maximum absolute atomic E-state index is 8.38. The highest BCUT2D eigenvalue weighted by molar-refractivity contribution is 5.67. The van der Waals surface area contributed by atoms with Crippen LogP contribution in [0.15, 0.2) is 45.8 Å². The van der Waals surface area contributed by atoms with Crippen molar-refractivity contribution in [2.45, 2.75) is 6.54 Å². The number of furan rings is 1. The smallest absolute Gasteiger partial charge is 0.182 e. The van der Waals surface area contributed by atoms with Crippen LogP contribution < -0.4 is 5.32 Å². The van der Waals surface area contributed by atoms with Crippen LogP contribution in [0.4, 0.5) is 5.69 Å². The van der Waals surface area contributed by atoms with Crippen molar-refractivity contribution in [3.05, 3.63) is 42.2 Å². The van der Waals surface area contributed by atoms with E-state index < -0.39 is 0 Å². The second-order valence-electron chi connectivity index (χ2n) is 4.57. The lowest BCUT2D eigenvalue weighted by atomic mass is 10.1. The molecule has 0 spiro atoms. The Hall–Kier alpha value is -2.58. The number of hydrogen-bond donors (Lipinski definition) is 1. The molecule has 1 heterocycles. The highest BCUT2D eigenvalue weighted by Crippen LogP contribution is 2.26. The minimum atomic E-state index is 0.760. The second-order valence-corrected chi connectivity index (χ2v) is 4.57. The summed E-state index contributed by atoms with van der Waals surface area (Å²) < 4.78 is 5.80. The van der Waals surface area contributed by atoms with Crippen molar-refractivity contribution < 1.29 is 4.42 Å². The zero-order chi connectivity index (χ0) is 14.4. The van der Waals surface area contributed by atoms with Crippen LogP contribution in [-0.2, 0) is 6.54 Å². The van der Waals surface area contributed by atoms with E-state index in [1.54, 1.807) is 6.19 Å². The third kappa shape index (κ3) is 3.70. The summed E-state index contributed by atoms with van der Waals surface area (Å²) in [5.74, 6) is 1.73. The number of nitriles is 1. The van der Waals surface area contributed by atoms with Crippen LogP contribution in [0.1, 0.15) is 5.76 Å². The summed E-state index contributed by atoms with van der Waals surface area (Å²) in [6.07, 6.45) is 3.14. The number of rotatable bonds is 5. The summed E-state index contributed by atoms with van der Waals surface area (Å²) in [4.78, 5) is 6.18. The largest absolute Gasteiger partial charge is 0.460 e. The standard InChI is InChI=1S/C15H16N4O/c1-19(2)9-14-6-7-15(20-14)12-4-3-5-13(8-12)18-11-17-10-16/h3-8,11H,9H2,1-2H3,(H,17,18). The molecule has 2 aromatic rings. The molecule has 0 fully saturated rings. The van der Waals surface area contributed by atoms with Gasteiger partial charge in [0.2, 0.25) is 0 Å². The van der Waals surface area contributed by atoms with Gasteiger partial charge in [-0.25, -0.2) is 4.99 Å². The molecule has 5 heteroatoms. The van der Waals surface area contributed by atoms with E-state index in [-0.39, 0.29) is 0 Å². The zero-order valence-corrected chi connectivity index (χ0v) is 11.5. The Kier molecular flexibility index (Phi) is 4.53. The molecule has 0 aliphatic carbocycles. The van der Waals surface area contributed by atoms with E-state index in [2.05, 4.69) is 15.2 Å². The van der Waals surface area contributed by atoms with Gasteiger partial charge in [-0.2, -0.15) is 5.26 Å². The molecule has 0 amide bonds. The highest BCUT2D eigenvalue weighted by Gasteiger charge is 2.06. The van der Waals surface area contributed by atoms with Gasteiger partial charge in [0.05, 0.1) is 12.2 Å². The summed E-state index contributed by atoms with van der Waals surface area (Å²) in [6, 6.07) is 11.6. The maximum Gasteiger partial charge on any atom is 0.182 e. The first-order chi connectivity index (χ1) is 9.69. The van der Waals surface area contributed by atoms with Gasteiger partial charge in [0.15, 0.2) is 6.19 Å². The number of hydrogen-bond acceptors (Lipinski definition) is 4. The molecule has 2 rings (SSSR count). The molecule has 5 nitrogen and oxygen atoms in total. The molecule has 0 saturated heterocycles. The first-order valence-corrected chi connectivity index (χ1v) is 6.20. The van der Waals surface area contributed by atoms with Crippen LogP contribution in [0.25, 0.3) is 11.3 Å². The van der Waals surface area contributed by atoms with Gasteiger partial charge in [0, 0.05) is 5.56 Å². The van der Waals surface area contributed by atoms with Crippen molar-refractivity contribution in [2.75, 3.05) is 14.1 Å². The summed E-state index contributed by atoms with van der Waals surface area (Å²) in [5.41, 5.74) is 1.72. The fourth-order valence-electron chi connectivity index (χ4n) is 1.80. The van der Waals surface area contributed by atoms with Crippen LogP contribution in [0, 0.1) is 11.5 Å². The molecule has 1 N–H and O–H groups in total. The average molecular weight is 268 g/mol. The monoisotopic (exact) mass is 268 g/mol. The SMILES string of the molecule is CN(C)Cc1ccc(-c2cccc(/N=C/NC#N)c2)o1. The molecule has 0 aliphatic heterocycles. The number of nitrogens with one attached hydrogen (secondary N) is 1. The second kappa shape index (κ2) is 6.55. The molecular weight excluding hydrogens is 252 g/mol. The number of benzene rings is 1. The van der Waals surface area contributed by atoms with Gasteiger partial charge in [-0.1, -0.05) is 12.1 Å². The lowest BCUT2D eigenvalue weighted by Gasteiger charge is -2.05. The molecule has 0 atom stereocenters. The normalized spacial score (nSPS) is 10.9. The summed E-state index contributed by atoms with van der Waals surface area (Å²) in [7, 11) is 4.00. The molecule has 102 valence electrons. The Labute approximate surface area is 118 Å². The van der Waals surface area contributed by atoms with Crippen LogP contribution in [0.2, 0.25) is 0 Å². The van der Waals surface area contributed by atoms with Gasteiger partial charge in [0.1, 0.15) is 17.9 Å². The van der Waals surface area contributed by atoms with Gasteiger partial charge >= 0.3 is 0 Å². The van der Waals surface area contributed by atoms with Crippen molar-refractivity contribution in [1.82, 2.24) is 10.2 Å². The lowest BCUT2D eigenvalue weighted by molar-refractivity contribution is 0.353. The minimum absolute atomic E-state index is 0.760. The van der Waals surface area contributed by atoms with Crippen molar-refractivity contribution in [3.63, 3.8) is 0 Å². The third-order valence-corrected chi connectivity index (χ3v) is 2.61. The van der Waals surface area contributed by atoms with E-state index in [1.165, 1.54) is 6.34 Å². The summed E-state index contributed by atoms with van der Waals surface area (Å²) in [6.45, 7) is 0.768. The molecule has 1 aromatic heterocycles. The maximum atomic E-state index is 8.38. The topological polar surface area (TPSA) is 64.6 Å². The molecule has 20 heavy (non-hydrogen) atoms. The molecule has 0 unspecified atom stereocenters. The van der Waals surface area contributed by atoms with Crippen molar-refractivity contribution in [2.24, 2.45) is 4.99 Å². The Morgan fingerprint density at radius 3 is 2.95 bits per heavy atom. The lowest BCUT2D eigenvalue weighted by Crippen LogP contribution is -2.09. The fourth-order valence-corrected chi connectivity index (χ4v) is 1.80. The van der Waals surface area contributed by atoms with Gasteiger partial charge in [-0.15, -0.1) is 0 Å². The Bertz CT molecular complexity index is 637. The summed E-state index contributed by atoms with van der Waals surface area (Å²) in [5, 5.41) is 10.7. The molecule has 0 saturated carbocycles. The number of aliphatic imine (C=N–C) groups is 1. The first kappa shape index (κ1) is 13.8. The Balaban J connectivity index is 2.18. The van der Waals surface area contributed by atoms with Crippen LogP contribution in [-0.4, -0.2) is 25.3 Å². The molecular formula is C15H16N4O. The molecule has 1 aromatic carbocycles. The van der Waals surface area contributed by atoms with E-state index in [0.717, 1.165) is 29.3 Å². The van der Waals surface area contributed by atoms with Crippen molar-refractivity contribution in [1.29, 1.82) is 5.26 Å². The molecule has 0 radical (unpaired) electrons. The van der Waals surface area contributed by atoms with Gasteiger partial charge in [-0.3, -0.25) is 5.32 Å². The zero-order valence-electron chi connectivity index (χ0n) is 11.5. The molecule has 0 bridgehead atoms. The third-order valence-electron chi connectivity index (χ3n) is 2.61. The first-order valence-electron chi connectivity index (χ1n) is 6.20. The summed E-state index contributed by atoms with van der Waals surface area (Å²) >= 11 is 0. The van der Waals surface area contributed by atoms with Gasteiger partial charge in [0.25, 0.3) is 0 Å². The Morgan fingerprint density at radius 2 is 2.20 bits per heavy atom. The van der Waals surface area contributed by atoms with E-state index >= 15 is 0 Å².